The molecule has 0 aromatic carbocycles. The van der Waals surface area contributed by atoms with E-state index in [2.05, 4.69) is 11.5 Å². The Kier molecular flexibility index (Phi) is 4.07. The summed E-state index contributed by atoms with van der Waals surface area (Å²) in [6.07, 6.45) is 1.61. The van der Waals surface area contributed by atoms with Gasteiger partial charge in [-0.1, -0.05) is 6.58 Å². The van der Waals surface area contributed by atoms with Gasteiger partial charge in [0, 0.05) is 13.1 Å². The third kappa shape index (κ3) is 3.65. The van der Waals surface area contributed by atoms with Gasteiger partial charge in [0.1, 0.15) is 5.60 Å². The van der Waals surface area contributed by atoms with Crippen LogP contribution in [0.3, 0.4) is 0 Å². The molecule has 1 aliphatic rings. The Morgan fingerprint density at radius 3 is 2.12 bits per heavy atom. The molecule has 1 fully saturated rings. The number of hydrogen-bond acceptors (Lipinski definition) is 3. The molecule has 2 atom stereocenters. The molecule has 0 bridgehead atoms. The molecule has 0 aromatic rings. The zero-order valence-corrected chi connectivity index (χ0v) is 11.6. The maximum atomic E-state index is 12.1. The van der Waals surface area contributed by atoms with Crippen LogP contribution in [0.15, 0.2) is 12.8 Å². The molecule has 0 saturated carbocycles. The van der Waals surface area contributed by atoms with Crippen LogP contribution in [0, 0.1) is 0 Å². The van der Waals surface area contributed by atoms with Gasteiger partial charge in [0.15, 0.2) is 0 Å². The quantitative estimate of drug-likeness (QED) is 0.706. The molecule has 98 valence electrons. The van der Waals surface area contributed by atoms with Crippen molar-refractivity contribution in [3.05, 3.63) is 12.8 Å². The normalized spacial score (nSPS) is 25.7. The molecular formula is C13H24N2O2. The van der Waals surface area contributed by atoms with E-state index in [1.165, 1.54) is 0 Å². The zero-order valence-electron chi connectivity index (χ0n) is 11.6. The first kappa shape index (κ1) is 13.9. The molecule has 1 heterocycles. The highest BCUT2D eigenvalue weighted by molar-refractivity contribution is 5.69. The van der Waals surface area contributed by atoms with Crippen LogP contribution >= 0.6 is 0 Å². The highest BCUT2D eigenvalue weighted by Gasteiger charge is 2.34. The van der Waals surface area contributed by atoms with Crippen molar-refractivity contribution in [1.29, 1.82) is 0 Å². The molecule has 1 saturated heterocycles. The summed E-state index contributed by atoms with van der Waals surface area (Å²) < 4.78 is 5.43. The first-order chi connectivity index (χ1) is 7.74. The van der Waals surface area contributed by atoms with Gasteiger partial charge in [-0.2, -0.15) is 0 Å². The number of carbonyl (C=O) groups excluding carboxylic acids is 1. The smallest absolute Gasteiger partial charge is 0.410 e. The van der Waals surface area contributed by atoms with Gasteiger partial charge in [0.25, 0.3) is 0 Å². The average molecular weight is 240 g/mol. The summed E-state index contributed by atoms with van der Waals surface area (Å²) in [5, 5.41) is 0. The predicted octanol–water partition coefficient (Wildman–Crippen LogP) is 2.46. The third-order valence-corrected chi connectivity index (χ3v) is 2.81. The second kappa shape index (κ2) is 4.98. The van der Waals surface area contributed by atoms with Crippen molar-refractivity contribution >= 4 is 6.09 Å². The van der Waals surface area contributed by atoms with E-state index in [4.69, 9.17) is 4.74 Å². The lowest BCUT2D eigenvalue weighted by Crippen LogP contribution is -2.58. The Hall–Kier alpha value is -1.19. The minimum atomic E-state index is -0.438. The van der Waals surface area contributed by atoms with Crippen molar-refractivity contribution in [3.8, 4) is 0 Å². The molecule has 0 aromatic heterocycles. The topological polar surface area (TPSA) is 32.8 Å². The summed E-state index contributed by atoms with van der Waals surface area (Å²) in [7, 11) is 0. The van der Waals surface area contributed by atoms with Crippen LogP contribution in [0.25, 0.3) is 0 Å². The number of nitrogens with zero attached hydrogens (tertiary/aromatic N) is 2. The predicted molar refractivity (Wildman–Crippen MR) is 68.8 cm³/mol. The number of piperazine rings is 1. The highest BCUT2D eigenvalue weighted by atomic mass is 16.6. The van der Waals surface area contributed by atoms with Crippen molar-refractivity contribution < 1.29 is 9.53 Å². The van der Waals surface area contributed by atoms with E-state index in [1.54, 1.807) is 0 Å². The molecule has 1 aliphatic heterocycles. The Labute approximate surface area is 104 Å². The minimum absolute atomic E-state index is 0.145. The van der Waals surface area contributed by atoms with Crippen molar-refractivity contribution in [3.63, 3.8) is 0 Å². The van der Waals surface area contributed by atoms with Gasteiger partial charge in [-0.25, -0.2) is 4.79 Å². The number of carbonyl (C=O) groups is 1. The Morgan fingerprint density at radius 2 is 1.76 bits per heavy atom. The summed E-state index contributed by atoms with van der Waals surface area (Å²) in [6, 6.07) is 0.290. The average Bonchev–Trinajstić information content (AvgIpc) is 2.13. The molecule has 0 spiro atoms. The summed E-state index contributed by atoms with van der Waals surface area (Å²) in [4.78, 5) is 16.0. The van der Waals surface area contributed by atoms with Gasteiger partial charge in [-0.05, 0) is 40.8 Å². The largest absolute Gasteiger partial charge is 0.444 e. The summed E-state index contributed by atoms with van der Waals surface area (Å²) >= 11 is 0. The van der Waals surface area contributed by atoms with Gasteiger partial charge in [-0.3, -0.25) is 4.90 Å². The fraction of sp³-hybridized carbons (Fsp3) is 0.769. The molecule has 0 N–H and O–H groups in total. The van der Waals surface area contributed by atoms with Crippen molar-refractivity contribution in [2.24, 2.45) is 0 Å². The second-order valence-electron chi connectivity index (χ2n) is 5.72. The van der Waals surface area contributed by atoms with Gasteiger partial charge in [-0.15, -0.1) is 0 Å². The maximum absolute atomic E-state index is 12.1. The number of hydrogen-bond donors (Lipinski definition) is 0. The van der Waals surface area contributed by atoms with Crippen LogP contribution < -0.4 is 0 Å². The van der Waals surface area contributed by atoms with E-state index in [9.17, 15) is 4.79 Å². The van der Waals surface area contributed by atoms with E-state index in [0.717, 1.165) is 13.1 Å². The summed E-state index contributed by atoms with van der Waals surface area (Å²) in [5.41, 5.74) is -0.438. The van der Waals surface area contributed by atoms with Gasteiger partial charge < -0.3 is 9.64 Å². The maximum Gasteiger partial charge on any atom is 0.410 e. The van der Waals surface area contributed by atoms with Gasteiger partial charge in [0.05, 0.1) is 12.1 Å². The lowest BCUT2D eigenvalue weighted by atomic mass is 10.1. The Bertz CT molecular complexity index is 284. The number of amides is 1. The standard InChI is InChI=1S/C13H24N2O2/c1-7-14-8-10(2)15(11(3)9-14)12(16)17-13(4,5)6/h7,10-11H,1,8-9H2,2-6H3. The molecule has 0 aliphatic carbocycles. The molecule has 1 rings (SSSR count). The fourth-order valence-electron chi connectivity index (χ4n) is 2.19. The van der Waals surface area contributed by atoms with Crippen LogP contribution in [-0.2, 0) is 4.74 Å². The van der Waals surface area contributed by atoms with Crippen LogP contribution in [0.4, 0.5) is 4.79 Å². The first-order valence-electron chi connectivity index (χ1n) is 6.12. The molecular weight excluding hydrogens is 216 g/mol. The van der Waals surface area contributed by atoms with Crippen LogP contribution in [0.1, 0.15) is 34.6 Å². The van der Waals surface area contributed by atoms with E-state index in [-0.39, 0.29) is 18.2 Å². The van der Waals surface area contributed by atoms with Gasteiger partial charge >= 0.3 is 6.09 Å². The van der Waals surface area contributed by atoms with E-state index in [0.29, 0.717) is 0 Å². The third-order valence-electron chi connectivity index (χ3n) is 2.81. The summed E-state index contributed by atoms with van der Waals surface area (Å²) in [5.74, 6) is 0. The number of rotatable bonds is 1. The molecule has 4 nitrogen and oxygen atoms in total. The molecule has 1 amide bonds. The lowest BCUT2D eigenvalue weighted by Gasteiger charge is -2.44. The highest BCUT2D eigenvalue weighted by Crippen LogP contribution is 2.19. The number of ether oxygens (including phenoxy) is 1. The Morgan fingerprint density at radius 1 is 1.29 bits per heavy atom. The zero-order chi connectivity index (χ0) is 13.2. The van der Waals surface area contributed by atoms with E-state index in [1.807, 2.05) is 45.7 Å². The minimum Gasteiger partial charge on any atom is -0.444 e. The summed E-state index contributed by atoms with van der Waals surface area (Å²) in [6.45, 7) is 15.1. The molecule has 17 heavy (non-hydrogen) atoms. The second-order valence-corrected chi connectivity index (χ2v) is 5.72. The van der Waals surface area contributed by atoms with Crippen molar-refractivity contribution in [1.82, 2.24) is 9.80 Å². The van der Waals surface area contributed by atoms with E-state index >= 15 is 0 Å². The molecule has 0 radical (unpaired) electrons. The van der Waals surface area contributed by atoms with Gasteiger partial charge in [0.2, 0.25) is 0 Å². The van der Waals surface area contributed by atoms with Crippen LogP contribution in [-0.4, -0.2) is 46.7 Å². The first-order valence-corrected chi connectivity index (χ1v) is 6.12. The lowest BCUT2D eigenvalue weighted by molar-refractivity contribution is -0.00851. The van der Waals surface area contributed by atoms with Crippen LogP contribution in [0.5, 0.6) is 0 Å². The van der Waals surface area contributed by atoms with Crippen molar-refractivity contribution in [2.75, 3.05) is 13.1 Å². The SMILES string of the molecule is C=CN1CC(C)N(C(=O)OC(C)(C)C)C(C)C1. The Balaban J connectivity index is 2.70. The molecule has 4 heteroatoms. The monoisotopic (exact) mass is 240 g/mol. The molecule has 2 unspecified atom stereocenters. The van der Waals surface area contributed by atoms with E-state index < -0.39 is 5.60 Å². The van der Waals surface area contributed by atoms with Crippen molar-refractivity contribution in [2.45, 2.75) is 52.3 Å². The fourth-order valence-corrected chi connectivity index (χ4v) is 2.19. The van der Waals surface area contributed by atoms with Crippen LogP contribution in [0.2, 0.25) is 0 Å².